The Morgan fingerprint density at radius 1 is 0.912 bits per heavy atom. The zero-order chi connectivity index (χ0) is 24.6. The summed E-state index contributed by atoms with van der Waals surface area (Å²) in [5, 5.41) is 22.0. The number of rotatable bonds is 5. The van der Waals surface area contributed by atoms with E-state index in [9.17, 15) is 19.8 Å². The van der Waals surface area contributed by atoms with Crippen LogP contribution in [0.4, 0.5) is 5.69 Å². The molecule has 0 saturated carbocycles. The monoisotopic (exact) mass is 459 g/mol. The molecule has 174 valence electrons. The van der Waals surface area contributed by atoms with Crippen LogP contribution in [-0.4, -0.2) is 36.1 Å². The van der Waals surface area contributed by atoms with Crippen LogP contribution in [0, 0.1) is 13.8 Å². The largest absolute Gasteiger partial charge is 0.507 e. The van der Waals surface area contributed by atoms with E-state index in [4.69, 9.17) is 9.47 Å². The number of Topliss-reactive ketones (excluding diaryl/α,β-unsaturated/α-hetero) is 1. The van der Waals surface area contributed by atoms with Crippen LogP contribution in [0.1, 0.15) is 28.3 Å². The third kappa shape index (κ3) is 3.85. The van der Waals surface area contributed by atoms with Crippen molar-refractivity contribution in [1.82, 2.24) is 0 Å². The summed E-state index contributed by atoms with van der Waals surface area (Å²) in [4.78, 5) is 27.9. The van der Waals surface area contributed by atoms with E-state index in [0.717, 1.165) is 11.1 Å². The summed E-state index contributed by atoms with van der Waals surface area (Å²) in [5.41, 5.74) is 2.67. The van der Waals surface area contributed by atoms with Gasteiger partial charge < -0.3 is 19.7 Å². The van der Waals surface area contributed by atoms with Gasteiger partial charge in [-0.15, -0.1) is 0 Å². The molecule has 1 heterocycles. The summed E-state index contributed by atoms with van der Waals surface area (Å²) < 4.78 is 10.6. The molecule has 1 atom stereocenters. The quantitative estimate of drug-likeness (QED) is 0.328. The van der Waals surface area contributed by atoms with Gasteiger partial charge in [0, 0.05) is 6.07 Å². The van der Waals surface area contributed by atoms with Gasteiger partial charge in [-0.05, 0) is 49.2 Å². The van der Waals surface area contributed by atoms with Crippen molar-refractivity contribution in [3.63, 3.8) is 0 Å². The molecule has 7 heteroatoms. The summed E-state index contributed by atoms with van der Waals surface area (Å²) in [7, 11) is 2.94. The Hall–Kier alpha value is -4.26. The molecule has 0 bridgehead atoms. The van der Waals surface area contributed by atoms with Crippen LogP contribution in [0.2, 0.25) is 0 Å². The highest BCUT2D eigenvalue weighted by Gasteiger charge is 2.48. The number of amides is 1. The fourth-order valence-corrected chi connectivity index (χ4v) is 4.20. The lowest BCUT2D eigenvalue weighted by atomic mass is 9.94. The van der Waals surface area contributed by atoms with E-state index in [0.29, 0.717) is 11.3 Å². The molecule has 0 spiro atoms. The number of carbonyl (C=O) groups is 2. The maximum atomic E-state index is 13.3. The van der Waals surface area contributed by atoms with Gasteiger partial charge in [-0.3, -0.25) is 14.5 Å². The average molecular weight is 459 g/mol. The fraction of sp³-hybridized carbons (Fsp3) is 0.185. The van der Waals surface area contributed by atoms with E-state index >= 15 is 0 Å². The molecule has 7 nitrogen and oxygen atoms in total. The molecule has 2 N–H and O–H groups in total. The SMILES string of the molecule is COc1ccc(/C(O)=C2/C(=O)C(=O)N(c3cc(C)ccc3O)C2c2cccc(C)c2)c(OC)c1. The minimum Gasteiger partial charge on any atom is -0.507 e. The molecule has 1 fully saturated rings. The third-order valence-corrected chi connectivity index (χ3v) is 5.86. The number of aromatic hydroxyl groups is 1. The van der Waals surface area contributed by atoms with Gasteiger partial charge in [0.05, 0.1) is 37.1 Å². The zero-order valence-corrected chi connectivity index (χ0v) is 19.3. The maximum Gasteiger partial charge on any atom is 0.300 e. The molecule has 34 heavy (non-hydrogen) atoms. The van der Waals surface area contributed by atoms with Crippen molar-refractivity contribution in [3.05, 3.63) is 88.5 Å². The topological polar surface area (TPSA) is 96.3 Å². The molecule has 3 aromatic rings. The highest BCUT2D eigenvalue weighted by atomic mass is 16.5. The lowest BCUT2D eigenvalue weighted by molar-refractivity contribution is -0.132. The molecule has 0 radical (unpaired) electrons. The van der Waals surface area contributed by atoms with E-state index in [-0.39, 0.29) is 34.1 Å². The van der Waals surface area contributed by atoms with E-state index in [1.54, 1.807) is 36.4 Å². The highest BCUT2D eigenvalue weighted by molar-refractivity contribution is 6.52. The minimum absolute atomic E-state index is 0.0972. The smallest absolute Gasteiger partial charge is 0.300 e. The second-order valence-corrected chi connectivity index (χ2v) is 8.14. The minimum atomic E-state index is -0.959. The van der Waals surface area contributed by atoms with Gasteiger partial charge >= 0.3 is 0 Å². The van der Waals surface area contributed by atoms with Crippen LogP contribution in [0.15, 0.2) is 66.2 Å². The Kier molecular flexibility index (Phi) is 6.03. The van der Waals surface area contributed by atoms with Crippen LogP contribution in [-0.2, 0) is 9.59 Å². The van der Waals surface area contributed by atoms with Gasteiger partial charge in [0.15, 0.2) is 0 Å². The Balaban J connectivity index is 2.00. The molecule has 1 unspecified atom stereocenters. The number of phenols is 1. The van der Waals surface area contributed by atoms with E-state index in [2.05, 4.69) is 0 Å². The second-order valence-electron chi connectivity index (χ2n) is 8.14. The number of aliphatic hydroxyl groups excluding tert-OH is 1. The Labute approximate surface area is 197 Å². The van der Waals surface area contributed by atoms with Gasteiger partial charge in [-0.1, -0.05) is 35.9 Å². The van der Waals surface area contributed by atoms with Crippen molar-refractivity contribution in [2.45, 2.75) is 19.9 Å². The molecular weight excluding hydrogens is 434 g/mol. The summed E-state index contributed by atoms with van der Waals surface area (Å²) >= 11 is 0. The molecule has 0 aromatic heterocycles. The Morgan fingerprint density at radius 3 is 2.32 bits per heavy atom. The molecular formula is C27H25NO6. The summed E-state index contributed by atoms with van der Waals surface area (Å²) in [5.74, 6) is -1.44. The van der Waals surface area contributed by atoms with Crippen molar-refractivity contribution < 1.29 is 29.3 Å². The number of aryl methyl sites for hydroxylation is 2. The van der Waals surface area contributed by atoms with Crippen LogP contribution in [0.5, 0.6) is 17.2 Å². The number of ether oxygens (including phenoxy) is 2. The normalized spacial score (nSPS) is 17.2. The van der Waals surface area contributed by atoms with Crippen molar-refractivity contribution in [2.75, 3.05) is 19.1 Å². The lowest BCUT2D eigenvalue weighted by Gasteiger charge is -2.26. The number of hydrogen-bond donors (Lipinski definition) is 2. The number of anilines is 1. The predicted molar refractivity (Wildman–Crippen MR) is 128 cm³/mol. The number of nitrogens with zero attached hydrogens (tertiary/aromatic N) is 1. The van der Waals surface area contributed by atoms with E-state index in [1.165, 1.54) is 25.2 Å². The molecule has 1 amide bonds. The molecule has 1 aliphatic heterocycles. The molecule has 1 saturated heterocycles. The standard InChI is InChI=1S/C27H25NO6/c1-15-6-5-7-17(12-15)24-23(25(30)19-10-9-18(33-3)14-22(19)34-4)26(31)27(32)28(24)20-13-16(2)8-11-21(20)29/h5-14,24,29-30H,1-4H3/b25-23-. The van der Waals surface area contributed by atoms with Gasteiger partial charge in [0.2, 0.25) is 0 Å². The Morgan fingerprint density at radius 2 is 1.65 bits per heavy atom. The van der Waals surface area contributed by atoms with Crippen LogP contribution < -0.4 is 14.4 Å². The van der Waals surface area contributed by atoms with E-state index in [1.807, 2.05) is 32.0 Å². The second kappa shape index (κ2) is 8.94. The van der Waals surface area contributed by atoms with Crippen molar-refractivity contribution in [2.24, 2.45) is 0 Å². The fourth-order valence-electron chi connectivity index (χ4n) is 4.20. The van der Waals surface area contributed by atoms with Crippen molar-refractivity contribution in [1.29, 1.82) is 0 Å². The number of methoxy groups -OCH3 is 2. The molecule has 1 aliphatic rings. The molecule has 3 aromatic carbocycles. The predicted octanol–water partition coefficient (Wildman–Crippen LogP) is 4.65. The number of aliphatic hydroxyl groups is 1. The summed E-state index contributed by atoms with van der Waals surface area (Å²) in [6, 6.07) is 16.0. The number of carbonyl (C=O) groups excluding carboxylic acids is 2. The van der Waals surface area contributed by atoms with Gasteiger partial charge in [-0.2, -0.15) is 0 Å². The van der Waals surface area contributed by atoms with Gasteiger partial charge in [0.1, 0.15) is 23.0 Å². The first-order chi connectivity index (χ1) is 16.3. The number of ketones is 1. The number of phenolic OH excluding ortho intramolecular Hbond substituents is 1. The number of benzene rings is 3. The Bertz CT molecular complexity index is 1330. The van der Waals surface area contributed by atoms with Gasteiger partial charge in [0.25, 0.3) is 11.7 Å². The van der Waals surface area contributed by atoms with Crippen LogP contribution in [0.25, 0.3) is 5.76 Å². The maximum absolute atomic E-state index is 13.3. The number of hydrogen-bond acceptors (Lipinski definition) is 6. The third-order valence-electron chi connectivity index (χ3n) is 5.86. The van der Waals surface area contributed by atoms with E-state index < -0.39 is 17.7 Å². The van der Waals surface area contributed by atoms with Crippen molar-refractivity contribution >= 4 is 23.1 Å². The first-order valence-corrected chi connectivity index (χ1v) is 10.7. The average Bonchev–Trinajstić information content (AvgIpc) is 3.10. The first kappa shape index (κ1) is 22.9. The molecule has 4 rings (SSSR count). The summed E-state index contributed by atoms with van der Waals surface area (Å²) in [6.45, 7) is 3.72. The lowest BCUT2D eigenvalue weighted by Crippen LogP contribution is -2.29. The first-order valence-electron chi connectivity index (χ1n) is 10.7. The van der Waals surface area contributed by atoms with Crippen LogP contribution in [0.3, 0.4) is 0 Å². The molecule has 0 aliphatic carbocycles. The van der Waals surface area contributed by atoms with Crippen LogP contribution >= 0.6 is 0 Å². The summed E-state index contributed by atoms with van der Waals surface area (Å²) in [6.07, 6.45) is 0. The van der Waals surface area contributed by atoms with Gasteiger partial charge in [-0.25, -0.2) is 0 Å². The van der Waals surface area contributed by atoms with Crippen molar-refractivity contribution in [3.8, 4) is 17.2 Å². The zero-order valence-electron chi connectivity index (χ0n) is 19.3. The highest BCUT2D eigenvalue weighted by Crippen LogP contribution is 2.46.